The van der Waals surface area contributed by atoms with E-state index in [1.807, 2.05) is 13.8 Å². The van der Waals surface area contributed by atoms with Crippen molar-refractivity contribution in [1.82, 2.24) is 5.06 Å². The summed E-state index contributed by atoms with van der Waals surface area (Å²) < 4.78 is 38.1. The van der Waals surface area contributed by atoms with Crippen molar-refractivity contribution in [1.29, 1.82) is 0 Å². The molecule has 4 aliphatic carbocycles. The second-order valence-electron chi connectivity index (χ2n) is 10.4. The van der Waals surface area contributed by atoms with E-state index in [4.69, 9.17) is 4.84 Å². The Bertz CT molecular complexity index is 909. The van der Waals surface area contributed by atoms with Gasteiger partial charge in [0, 0.05) is 30.8 Å². The first-order valence-corrected chi connectivity index (χ1v) is 11.7. The van der Waals surface area contributed by atoms with Crippen LogP contribution in [-0.2, 0) is 14.4 Å². The number of rotatable bonds is 3. The van der Waals surface area contributed by atoms with Crippen LogP contribution < -0.4 is 0 Å². The lowest BCUT2D eigenvalue weighted by Gasteiger charge is -2.50. The van der Waals surface area contributed by atoms with Crippen LogP contribution in [0.25, 0.3) is 0 Å². The monoisotopic (exact) mass is 453 g/mol. The second kappa shape index (κ2) is 7.42. The Morgan fingerprint density at radius 1 is 1.22 bits per heavy atom. The molecule has 0 aromatic carbocycles. The standard InChI is InChI=1S/C24H30F3NO4/c1-12-9-18-15(13(2)21(12)29)3-4-17-16(18)5-6-20-19(17)10-14-11-28(8-7-23(25,26)27)32-24(14,20)22(30)31/h9,14,16-20H,3-8,10-11H2,1-2H3,(H,30,31). The van der Waals surface area contributed by atoms with Crippen LogP contribution in [-0.4, -0.2) is 46.8 Å². The summed E-state index contributed by atoms with van der Waals surface area (Å²) in [6.45, 7) is 3.72. The number of fused-ring (bicyclic) bond motifs is 7. The lowest BCUT2D eigenvalue weighted by molar-refractivity contribution is -0.238. The Hall–Kier alpha value is -1.67. The number of carbonyl (C=O) groups is 2. The quantitative estimate of drug-likeness (QED) is 0.680. The molecule has 0 radical (unpaired) electrons. The zero-order valence-corrected chi connectivity index (χ0v) is 18.5. The highest BCUT2D eigenvalue weighted by Crippen LogP contribution is 2.63. The molecule has 176 valence electrons. The Balaban J connectivity index is 1.38. The van der Waals surface area contributed by atoms with Gasteiger partial charge < -0.3 is 5.11 Å². The third kappa shape index (κ3) is 3.20. The van der Waals surface area contributed by atoms with Crippen LogP contribution in [0.15, 0.2) is 22.8 Å². The zero-order valence-electron chi connectivity index (χ0n) is 18.5. The Kier molecular flexibility index (Phi) is 5.13. The molecular formula is C24H30F3NO4. The first kappa shape index (κ1) is 22.1. The van der Waals surface area contributed by atoms with Gasteiger partial charge in [0.15, 0.2) is 11.4 Å². The molecule has 5 aliphatic rings. The maximum atomic E-state index is 12.7. The van der Waals surface area contributed by atoms with Crippen molar-refractivity contribution in [2.45, 2.75) is 64.1 Å². The molecule has 0 bridgehead atoms. The molecule has 5 rings (SSSR count). The molecule has 0 amide bonds. The smallest absolute Gasteiger partial charge is 0.390 e. The number of hydroxylamine groups is 2. The minimum absolute atomic E-state index is 0.135. The first-order chi connectivity index (χ1) is 15.0. The van der Waals surface area contributed by atoms with E-state index in [2.05, 4.69) is 6.08 Å². The van der Waals surface area contributed by atoms with Gasteiger partial charge in [0.05, 0.1) is 6.42 Å². The number of Topliss-reactive ketones (excluding diaryl/α,β-unsaturated/α-hetero) is 1. The molecule has 1 aliphatic heterocycles. The summed E-state index contributed by atoms with van der Waals surface area (Å²) in [7, 11) is 0. The van der Waals surface area contributed by atoms with Gasteiger partial charge in [-0.15, -0.1) is 0 Å². The van der Waals surface area contributed by atoms with Crippen molar-refractivity contribution in [2.24, 2.45) is 35.5 Å². The molecular weight excluding hydrogens is 423 g/mol. The number of halogens is 3. The van der Waals surface area contributed by atoms with E-state index in [0.717, 1.165) is 30.4 Å². The van der Waals surface area contributed by atoms with E-state index in [1.54, 1.807) is 0 Å². The summed E-state index contributed by atoms with van der Waals surface area (Å²) in [6.07, 6.45) is 0.873. The molecule has 0 spiro atoms. The van der Waals surface area contributed by atoms with Crippen LogP contribution in [0.1, 0.15) is 52.4 Å². The molecule has 3 saturated carbocycles. The fourth-order valence-electron chi connectivity index (χ4n) is 7.77. The number of aliphatic carboxylic acids is 1. The van der Waals surface area contributed by atoms with Gasteiger partial charge in [-0.25, -0.2) is 4.79 Å². The minimum atomic E-state index is -4.30. The highest BCUT2D eigenvalue weighted by molar-refractivity contribution is 6.09. The van der Waals surface area contributed by atoms with Gasteiger partial charge in [0.1, 0.15) is 0 Å². The van der Waals surface area contributed by atoms with Crippen molar-refractivity contribution in [3.63, 3.8) is 0 Å². The molecule has 4 fully saturated rings. The van der Waals surface area contributed by atoms with Gasteiger partial charge >= 0.3 is 12.1 Å². The fraction of sp³-hybridized carbons (Fsp3) is 0.750. The van der Waals surface area contributed by atoms with Crippen molar-refractivity contribution in [2.75, 3.05) is 13.1 Å². The Morgan fingerprint density at radius 3 is 2.66 bits per heavy atom. The number of hydrogen-bond acceptors (Lipinski definition) is 4. The number of ketones is 1. The van der Waals surface area contributed by atoms with Crippen LogP contribution in [0.4, 0.5) is 13.2 Å². The van der Waals surface area contributed by atoms with Crippen molar-refractivity contribution in [3.05, 3.63) is 22.8 Å². The number of alkyl halides is 3. The number of carboxylic acid groups (broad SMARTS) is 1. The molecule has 0 aromatic rings. The van der Waals surface area contributed by atoms with Crippen LogP contribution in [0.2, 0.25) is 0 Å². The molecule has 1 saturated heterocycles. The molecule has 7 atom stereocenters. The van der Waals surface area contributed by atoms with Gasteiger partial charge in [-0.3, -0.25) is 9.63 Å². The highest BCUT2D eigenvalue weighted by atomic mass is 19.4. The van der Waals surface area contributed by atoms with Gasteiger partial charge in [0.2, 0.25) is 0 Å². The number of carboxylic acids is 1. The summed E-state index contributed by atoms with van der Waals surface area (Å²) in [5, 5.41) is 11.5. The van der Waals surface area contributed by atoms with E-state index >= 15 is 0 Å². The molecule has 1 N–H and O–H groups in total. The second-order valence-corrected chi connectivity index (χ2v) is 10.4. The van der Waals surface area contributed by atoms with Gasteiger partial charge in [0.25, 0.3) is 0 Å². The maximum absolute atomic E-state index is 12.7. The summed E-state index contributed by atoms with van der Waals surface area (Å²) in [5.41, 5.74) is 1.53. The van der Waals surface area contributed by atoms with Crippen LogP contribution in [0, 0.1) is 35.5 Å². The average Bonchev–Trinajstić information content (AvgIpc) is 3.24. The minimum Gasteiger partial charge on any atom is -0.479 e. The third-order valence-corrected chi connectivity index (χ3v) is 9.05. The number of nitrogens with zero attached hydrogens (tertiary/aromatic N) is 1. The molecule has 8 heteroatoms. The predicted octanol–water partition coefficient (Wildman–Crippen LogP) is 4.54. The number of allylic oxidation sites excluding steroid dienone is 4. The van der Waals surface area contributed by atoms with Crippen LogP contribution >= 0.6 is 0 Å². The van der Waals surface area contributed by atoms with Crippen molar-refractivity contribution >= 4 is 11.8 Å². The Morgan fingerprint density at radius 2 is 1.97 bits per heavy atom. The zero-order chi connectivity index (χ0) is 23.0. The lowest BCUT2D eigenvalue weighted by Crippen LogP contribution is -2.52. The van der Waals surface area contributed by atoms with Gasteiger partial charge in [-0.2, -0.15) is 18.2 Å². The van der Waals surface area contributed by atoms with Crippen molar-refractivity contribution in [3.8, 4) is 0 Å². The van der Waals surface area contributed by atoms with Crippen LogP contribution in [0.3, 0.4) is 0 Å². The number of hydrogen-bond donors (Lipinski definition) is 1. The molecule has 0 aromatic heterocycles. The van der Waals surface area contributed by atoms with Crippen LogP contribution in [0.5, 0.6) is 0 Å². The highest BCUT2D eigenvalue weighted by Gasteiger charge is 2.68. The average molecular weight is 454 g/mol. The maximum Gasteiger partial charge on any atom is 0.390 e. The van der Waals surface area contributed by atoms with Gasteiger partial charge in [-0.05, 0) is 74.9 Å². The summed E-state index contributed by atoms with van der Waals surface area (Å²) in [4.78, 5) is 30.8. The van der Waals surface area contributed by atoms with Crippen molar-refractivity contribution < 1.29 is 32.7 Å². The molecule has 5 nitrogen and oxygen atoms in total. The summed E-state index contributed by atoms with van der Waals surface area (Å²) in [5.74, 6) is -0.156. The number of carbonyl (C=O) groups excluding carboxylic acids is 1. The fourth-order valence-corrected chi connectivity index (χ4v) is 7.77. The van der Waals surface area contributed by atoms with E-state index < -0.39 is 24.2 Å². The van der Waals surface area contributed by atoms with Gasteiger partial charge in [-0.1, -0.05) is 11.6 Å². The molecule has 32 heavy (non-hydrogen) atoms. The topological polar surface area (TPSA) is 66.8 Å². The largest absolute Gasteiger partial charge is 0.479 e. The third-order valence-electron chi connectivity index (χ3n) is 9.05. The normalized spacial score (nSPS) is 41.7. The lowest BCUT2D eigenvalue weighted by atomic mass is 9.55. The molecule has 7 unspecified atom stereocenters. The van der Waals surface area contributed by atoms with E-state index in [9.17, 15) is 27.9 Å². The SMILES string of the molecule is CC1=CC2C(=C(C)C1=O)CCC1C2CCC2C1CC1CN(CCC(F)(F)F)OC12C(=O)O. The summed E-state index contributed by atoms with van der Waals surface area (Å²) in [6, 6.07) is 0. The Labute approximate surface area is 185 Å². The van der Waals surface area contributed by atoms with E-state index in [0.29, 0.717) is 24.7 Å². The van der Waals surface area contributed by atoms with E-state index in [-0.39, 0.29) is 42.5 Å². The summed E-state index contributed by atoms with van der Waals surface area (Å²) >= 11 is 0. The first-order valence-electron chi connectivity index (χ1n) is 11.7. The predicted molar refractivity (Wildman–Crippen MR) is 109 cm³/mol. The van der Waals surface area contributed by atoms with E-state index in [1.165, 1.54) is 10.6 Å². The molecule has 1 heterocycles.